The van der Waals surface area contributed by atoms with Gasteiger partial charge in [0, 0.05) is 11.6 Å². The van der Waals surface area contributed by atoms with Gasteiger partial charge < -0.3 is 5.73 Å². The zero-order valence-corrected chi connectivity index (χ0v) is 8.91. The van der Waals surface area contributed by atoms with E-state index in [0.717, 1.165) is 0 Å². The quantitative estimate of drug-likeness (QED) is 0.635. The Balaban J connectivity index is 3.06. The van der Waals surface area contributed by atoms with Gasteiger partial charge in [0.05, 0.1) is 11.6 Å². The second kappa shape index (κ2) is 3.71. The largest absolute Gasteiger partial charge is 0.399 e. The highest BCUT2D eigenvalue weighted by Gasteiger charge is 2.21. The smallest absolute Gasteiger partial charge is 0.0989 e. The Morgan fingerprint density at radius 3 is 2.57 bits per heavy atom. The summed E-state index contributed by atoms with van der Waals surface area (Å²) in [5.74, 6) is 0.259. The molecule has 0 fully saturated rings. The molecule has 0 saturated heterocycles. The highest BCUT2D eigenvalue weighted by Crippen LogP contribution is 2.30. The molecular formula is C12H16N2. The van der Waals surface area contributed by atoms with E-state index in [1.54, 1.807) is 6.08 Å². The number of hydrogen-bond acceptors (Lipinski definition) is 2. The van der Waals surface area contributed by atoms with Crippen molar-refractivity contribution in [3.05, 3.63) is 35.6 Å². The predicted molar refractivity (Wildman–Crippen MR) is 58.1 cm³/mol. The molecule has 2 N–H and O–H groups in total. The van der Waals surface area contributed by atoms with Crippen LogP contribution < -0.4 is 5.73 Å². The molecule has 1 rings (SSSR count). The van der Waals surface area contributed by atoms with Gasteiger partial charge in [0.15, 0.2) is 0 Å². The Morgan fingerprint density at radius 1 is 1.43 bits per heavy atom. The van der Waals surface area contributed by atoms with Crippen LogP contribution in [0.15, 0.2) is 35.6 Å². The first-order valence-electron chi connectivity index (χ1n) is 4.71. The Morgan fingerprint density at radius 2 is 2.07 bits per heavy atom. The third-order valence-corrected chi connectivity index (χ3v) is 2.31. The van der Waals surface area contributed by atoms with Crippen molar-refractivity contribution in [3.63, 3.8) is 0 Å². The van der Waals surface area contributed by atoms with Crippen LogP contribution in [-0.4, -0.2) is 0 Å². The summed E-state index contributed by atoms with van der Waals surface area (Å²) in [5.41, 5.74) is 7.10. The number of allylic oxidation sites excluding steroid dienone is 5. The van der Waals surface area contributed by atoms with E-state index in [1.165, 1.54) is 0 Å². The van der Waals surface area contributed by atoms with Gasteiger partial charge in [0.25, 0.3) is 0 Å². The molecule has 0 saturated carbocycles. The normalized spacial score (nSPS) is 22.0. The number of nitrogens with zero attached hydrogens (tertiary/aromatic N) is 1. The van der Waals surface area contributed by atoms with Crippen molar-refractivity contribution in [2.24, 2.45) is 17.1 Å². The SMILES string of the molecule is CC(C)(C)C1C=CC(N)=CC(C#N)=C1. The van der Waals surface area contributed by atoms with Gasteiger partial charge in [-0.3, -0.25) is 0 Å². The standard InChI is InChI=1S/C12H16N2/c1-12(2,3)10-4-5-11(14)7-9(6-10)8-13/h4-7,10H,14H2,1-3H3. The number of nitrogens with two attached hydrogens (primary N) is 1. The average molecular weight is 188 g/mol. The monoisotopic (exact) mass is 188 g/mol. The minimum atomic E-state index is 0.122. The average Bonchev–Trinajstić information content (AvgIpc) is 2.25. The lowest BCUT2D eigenvalue weighted by atomic mass is 9.80. The van der Waals surface area contributed by atoms with E-state index in [-0.39, 0.29) is 11.3 Å². The van der Waals surface area contributed by atoms with Crippen molar-refractivity contribution in [3.8, 4) is 6.07 Å². The highest BCUT2D eigenvalue weighted by atomic mass is 14.6. The Labute approximate surface area is 85.4 Å². The summed E-state index contributed by atoms with van der Waals surface area (Å²) in [4.78, 5) is 0. The molecule has 0 aliphatic heterocycles. The van der Waals surface area contributed by atoms with Gasteiger partial charge in [0.1, 0.15) is 0 Å². The summed E-state index contributed by atoms with van der Waals surface area (Å²) in [6.07, 6.45) is 7.60. The zero-order chi connectivity index (χ0) is 10.8. The van der Waals surface area contributed by atoms with Crippen LogP contribution in [0.2, 0.25) is 0 Å². The second-order valence-corrected chi connectivity index (χ2v) is 4.63. The van der Waals surface area contributed by atoms with Crippen molar-refractivity contribution >= 4 is 0 Å². The molecule has 1 aliphatic rings. The maximum atomic E-state index is 8.87. The molecule has 14 heavy (non-hydrogen) atoms. The molecule has 74 valence electrons. The minimum absolute atomic E-state index is 0.122. The van der Waals surface area contributed by atoms with Gasteiger partial charge in [-0.2, -0.15) is 5.26 Å². The fourth-order valence-corrected chi connectivity index (χ4v) is 1.35. The highest BCUT2D eigenvalue weighted by molar-refractivity contribution is 5.41. The van der Waals surface area contributed by atoms with Crippen LogP contribution in [0.3, 0.4) is 0 Å². The van der Waals surface area contributed by atoms with Crippen molar-refractivity contribution in [1.82, 2.24) is 0 Å². The lowest BCUT2D eigenvalue weighted by molar-refractivity contribution is 0.343. The lowest BCUT2D eigenvalue weighted by Crippen LogP contribution is -2.16. The van der Waals surface area contributed by atoms with Crippen LogP contribution in [0.1, 0.15) is 20.8 Å². The summed E-state index contributed by atoms with van der Waals surface area (Å²) in [6, 6.07) is 2.14. The van der Waals surface area contributed by atoms with E-state index < -0.39 is 0 Å². The maximum Gasteiger partial charge on any atom is 0.0989 e. The van der Waals surface area contributed by atoms with Gasteiger partial charge in [-0.1, -0.05) is 32.9 Å². The Kier molecular flexibility index (Phi) is 2.81. The third kappa shape index (κ3) is 2.50. The summed E-state index contributed by atoms with van der Waals surface area (Å²) in [6.45, 7) is 6.44. The number of hydrogen-bond donors (Lipinski definition) is 1. The van der Waals surface area contributed by atoms with Crippen molar-refractivity contribution in [2.45, 2.75) is 20.8 Å². The summed E-state index contributed by atoms with van der Waals surface area (Å²) in [7, 11) is 0. The number of rotatable bonds is 0. The number of nitriles is 1. The van der Waals surface area contributed by atoms with Crippen LogP contribution >= 0.6 is 0 Å². The van der Waals surface area contributed by atoms with E-state index in [9.17, 15) is 0 Å². The first kappa shape index (κ1) is 10.6. The first-order chi connectivity index (χ1) is 6.43. The summed E-state index contributed by atoms with van der Waals surface area (Å²) >= 11 is 0. The molecule has 0 aromatic rings. The molecule has 0 radical (unpaired) electrons. The molecule has 0 aromatic heterocycles. The molecular weight excluding hydrogens is 172 g/mol. The molecule has 0 spiro atoms. The van der Waals surface area contributed by atoms with E-state index in [1.807, 2.05) is 12.2 Å². The van der Waals surface area contributed by atoms with E-state index >= 15 is 0 Å². The van der Waals surface area contributed by atoms with Crippen molar-refractivity contribution < 1.29 is 0 Å². The Hall–Kier alpha value is -1.49. The van der Waals surface area contributed by atoms with Gasteiger partial charge in [-0.05, 0) is 17.6 Å². The van der Waals surface area contributed by atoms with Crippen LogP contribution in [0.25, 0.3) is 0 Å². The van der Waals surface area contributed by atoms with Gasteiger partial charge in [-0.25, -0.2) is 0 Å². The molecule has 0 amide bonds. The first-order valence-corrected chi connectivity index (χ1v) is 4.71. The molecule has 1 unspecified atom stereocenters. The van der Waals surface area contributed by atoms with Crippen molar-refractivity contribution in [2.75, 3.05) is 0 Å². The van der Waals surface area contributed by atoms with Crippen LogP contribution in [0.4, 0.5) is 0 Å². The third-order valence-electron chi connectivity index (χ3n) is 2.31. The predicted octanol–water partition coefficient (Wildman–Crippen LogP) is 2.51. The topological polar surface area (TPSA) is 49.8 Å². The lowest BCUT2D eigenvalue weighted by Gasteiger charge is -2.25. The molecule has 0 aromatic carbocycles. The Bertz CT molecular complexity index is 345. The van der Waals surface area contributed by atoms with E-state index in [4.69, 9.17) is 11.0 Å². The van der Waals surface area contributed by atoms with Crippen LogP contribution in [0, 0.1) is 22.7 Å². The fraction of sp³-hybridized carbons (Fsp3) is 0.417. The molecule has 1 atom stereocenters. The maximum absolute atomic E-state index is 8.87. The summed E-state index contributed by atoms with van der Waals surface area (Å²) in [5, 5.41) is 8.87. The molecule has 2 nitrogen and oxygen atoms in total. The minimum Gasteiger partial charge on any atom is -0.399 e. The second-order valence-electron chi connectivity index (χ2n) is 4.63. The molecule has 0 bridgehead atoms. The molecule has 0 heterocycles. The van der Waals surface area contributed by atoms with E-state index in [0.29, 0.717) is 11.3 Å². The molecule has 2 heteroatoms. The fourth-order valence-electron chi connectivity index (χ4n) is 1.35. The van der Waals surface area contributed by atoms with Gasteiger partial charge in [-0.15, -0.1) is 0 Å². The molecule has 1 aliphatic carbocycles. The van der Waals surface area contributed by atoms with Crippen LogP contribution in [0.5, 0.6) is 0 Å². The van der Waals surface area contributed by atoms with Crippen LogP contribution in [-0.2, 0) is 0 Å². The zero-order valence-electron chi connectivity index (χ0n) is 8.91. The van der Waals surface area contributed by atoms with Gasteiger partial charge >= 0.3 is 0 Å². The summed E-state index contributed by atoms with van der Waals surface area (Å²) < 4.78 is 0. The van der Waals surface area contributed by atoms with Crippen molar-refractivity contribution in [1.29, 1.82) is 5.26 Å². The van der Waals surface area contributed by atoms with E-state index in [2.05, 4.69) is 32.9 Å². The van der Waals surface area contributed by atoms with Gasteiger partial charge in [0.2, 0.25) is 0 Å².